The average Bonchev–Trinajstić information content (AvgIpc) is 2.91. The zero-order valence-electron chi connectivity index (χ0n) is 17.0. The number of hydrogen-bond donors (Lipinski definition) is 1. The lowest BCUT2D eigenvalue weighted by atomic mass is 9.93. The lowest BCUT2D eigenvalue weighted by Gasteiger charge is -2.12. The van der Waals surface area contributed by atoms with E-state index < -0.39 is 0 Å². The molecule has 0 unspecified atom stereocenters. The average molecular weight is 373 g/mol. The largest absolute Gasteiger partial charge is 0.507 e. The van der Waals surface area contributed by atoms with Gasteiger partial charge in [-0.05, 0) is 78.1 Å². The van der Waals surface area contributed by atoms with E-state index in [1.165, 1.54) is 11.1 Å². The number of hydrogen-bond acceptors (Lipinski definition) is 3. The van der Waals surface area contributed by atoms with Crippen molar-refractivity contribution < 1.29 is 9.90 Å². The highest BCUT2D eigenvalue weighted by Gasteiger charge is 2.19. The molecule has 3 heteroatoms. The predicted octanol–water partition coefficient (Wildman–Crippen LogP) is 6.28. The van der Waals surface area contributed by atoms with E-state index in [4.69, 9.17) is 0 Å². The summed E-state index contributed by atoms with van der Waals surface area (Å²) in [5.74, 6) is 1.76. The van der Waals surface area contributed by atoms with Crippen LogP contribution in [0.25, 0.3) is 0 Å². The number of aryl methyl sites for hydroxylation is 3. The third kappa shape index (κ3) is 5.20. The fourth-order valence-corrected chi connectivity index (χ4v) is 4.55. The summed E-state index contributed by atoms with van der Waals surface area (Å²) in [7, 11) is 0. The van der Waals surface area contributed by atoms with E-state index in [1.54, 1.807) is 11.3 Å². The molecule has 1 aromatic heterocycles. The molecule has 1 aromatic carbocycles. The quantitative estimate of drug-likeness (QED) is 0.553. The van der Waals surface area contributed by atoms with Gasteiger partial charge in [-0.3, -0.25) is 4.79 Å². The Bertz CT molecular complexity index is 746. The van der Waals surface area contributed by atoms with Gasteiger partial charge in [-0.1, -0.05) is 39.8 Å². The fourth-order valence-electron chi connectivity index (χ4n) is 3.46. The van der Waals surface area contributed by atoms with Crippen molar-refractivity contribution in [3.63, 3.8) is 0 Å². The molecule has 0 saturated carbocycles. The van der Waals surface area contributed by atoms with Crippen molar-refractivity contribution in [2.75, 3.05) is 0 Å². The molecule has 0 amide bonds. The Hall–Kier alpha value is -1.61. The minimum absolute atomic E-state index is 0.254. The van der Waals surface area contributed by atoms with Crippen LogP contribution in [0.1, 0.15) is 71.6 Å². The molecule has 2 rings (SSSR count). The highest BCUT2D eigenvalue weighted by Crippen LogP contribution is 2.30. The van der Waals surface area contributed by atoms with Crippen LogP contribution in [0, 0.1) is 25.7 Å². The summed E-state index contributed by atoms with van der Waals surface area (Å²) < 4.78 is 0. The van der Waals surface area contributed by atoms with Gasteiger partial charge < -0.3 is 5.11 Å². The van der Waals surface area contributed by atoms with Gasteiger partial charge in [0.15, 0.2) is 5.78 Å². The number of phenolic OH excluding ortho intramolecular Hbond substituents is 1. The maximum Gasteiger partial charge on any atom is 0.173 e. The number of carbonyl (C=O) groups excluding carboxylic acids is 1. The van der Waals surface area contributed by atoms with E-state index in [-0.39, 0.29) is 5.78 Å². The Balaban J connectivity index is 2.17. The van der Waals surface area contributed by atoms with E-state index in [2.05, 4.69) is 33.1 Å². The number of rotatable bonds is 8. The van der Waals surface area contributed by atoms with Crippen molar-refractivity contribution in [3.8, 4) is 5.75 Å². The summed E-state index contributed by atoms with van der Waals surface area (Å²) in [5, 5.41) is 12.1. The SMILES string of the molecule is Cc1cc(CCC(=O)c2scc(CC(C)C)c2CC(C)C)cc(C)c1O. The maximum atomic E-state index is 12.9. The summed E-state index contributed by atoms with van der Waals surface area (Å²) in [5.41, 5.74) is 5.52. The number of Topliss-reactive ketones (excluding diaryl/α,β-unsaturated/α-hetero) is 1. The second-order valence-corrected chi connectivity index (χ2v) is 9.15. The molecule has 0 aliphatic heterocycles. The maximum absolute atomic E-state index is 12.9. The summed E-state index contributed by atoms with van der Waals surface area (Å²) in [6, 6.07) is 3.98. The first-order chi connectivity index (χ1) is 12.2. The van der Waals surface area contributed by atoms with Crippen LogP contribution < -0.4 is 0 Å². The molecule has 0 atom stereocenters. The lowest BCUT2D eigenvalue weighted by Crippen LogP contribution is -2.07. The van der Waals surface area contributed by atoms with Gasteiger partial charge in [0.25, 0.3) is 0 Å². The van der Waals surface area contributed by atoms with E-state index in [0.29, 0.717) is 24.0 Å². The number of benzene rings is 1. The van der Waals surface area contributed by atoms with Crippen LogP contribution in [-0.2, 0) is 19.3 Å². The van der Waals surface area contributed by atoms with Crippen molar-refractivity contribution in [2.45, 2.75) is 67.2 Å². The Kier molecular flexibility index (Phi) is 7.05. The van der Waals surface area contributed by atoms with Crippen molar-refractivity contribution >= 4 is 17.1 Å². The highest BCUT2D eigenvalue weighted by molar-refractivity contribution is 7.12. The Morgan fingerprint density at radius 3 is 2.15 bits per heavy atom. The van der Waals surface area contributed by atoms with Crippen molar-refractivity contribution in [1.82, 2.24) is 0 Å². The van der Waals surface area contributed by atoms with Gasteiger partial charge in [0, 0.05) is 6.42 Å². The summed E-state index contributed by atoms with van der Waals surface area (Å²) >= 11 is 1.62. The normalized spacial score (nSPS) is 11.5. The Morgan fingerprint density at radius 2 is 1.62 bits per heavy atom. The number of aromatic hydroxyl groups is 1. The van der Waals surface area contributed by atoms with Crippen molar-refractivity contribution in [3.05, 3.63) is 50.2 Å². The number of thiophene rings is 1. The van der Waals surface area contributed by atoms with Gasteiger partial charge in [0.2, 0.25) is 0 Å². The van der Waals surface area contributed by atoms with Crippen LogP contribution in [0.3, 0.4) is 0 Å². The standard InChI is InChI=1S/C23H32O2S/c1-14(2)9-19-13-26-23(20(19)10-15(3)4)21(24)8-7-18-11-16(5)22(25)17(6)12-18/h11-15,25H,7-10H2,1-6H3. The first-order valence-electron chi connectivity index (χ1n) is 9.60. The van der Waals surface area contributed by atoms with Crippen molar-refractivity contribution in [2.24, 2.45) is 11.8 Å². The van der Waals surface area contributed by atoms with E-state index >= 15 is 0 Å². The van der Waals surface area contributed by atoms with Crippen LogP contribution in [0.4, 0.5) is 0 Å². The Morgan fingerprint density at radius 1 is 1.04 bits per heavy atom. The Labute approximate surface area is 162 Å². The second kappa shape index (κ2) is 8.85. The molecule has 26 heavy (non-hydrogen) atoms. The summed E-state index contributed by atoms with van der Waals surface area (Å²) in [6.07, 6.45) is 3.27. The molecule has 1 N–H and O–H groups in total. The number of carbonyl (C=O) groups is 1. The first kappa shape index (κ1) is 20.7. The van der Waals surface area contributed by atoms with Crippen LogP contribution in [-0.4, -0.2) is 10.9 Å². The molecule has 2 aromatic rings. The lowest BCUT2D eigenvalue weighted by molar-refractivity contribution is 0.0985. The van der Waals surface area contributed by atoms with Crippen LogP contribution in [0.5, 0.6) is 5.75 Å². The third-order valence-corrected chi connectivity index (χ3v) is 5.78. The van der Waals surface area contributed by atoms with E-state index in [1.807, 2.05) is 26.0 Å². The molecule has 0 aliphatic rings. The van der Waals surface area contributed by atoms with Crippen LogP contribution in [0.15, 0.2) is 17.5 Å². The van der Waals surface area contributed by atoms with Gasteiger partial charge >= 0.3 is 0 Å². The summed E-state index contributed by atoms with van der Waals surface area (Å²) in [4.78, 5) is 13.9. The molecular formula is C23H32O2S. The molecule has 0 fully saturated rings. The summed E-state index contributed by atoms with van der Waals surface area (Å²) in [6.45, 7) is 12.7. The zero-order valence-corrected chi connectivity index (χ0v) is 17.8. The minimum atomic E-state index is 0.254. The molecule has 0 aliphatic carbocycles. The van der Waals surface area contributed by atoms with E-state index in [0.717, 1.165) is 40.8 Å². The minimum Gasteiger partial charge on any atom is -0.507 e. The van der Waals surface area contributed by atoms with Crippen LogP contribution >= 0.6 is 11.3 Å². The molecule has 0 saturated heterocycles. The highest BCUT2D eigenvalue weighted by atomic mass is 32.1. The fraction of sp³-hybridized carbons (Fsp3) is 0.522. The number of ketones is 1. The van der Waals surface area contributed by atoms with Gasteiger partial charge in [-0.25, -0.2) is 0 Å². The monoisotopic (exact) mass is 372 g/mol. The second-order valence-electron chi connectivity index (χ2n) is 8.27. The molecular weight excluding hydrogens is 340 g/mol. The first-order valence-corrected chi connectivity index (χ1v) is 10.5. The zero-order chi connectivity index (χ0) is 19.4. The van der Waals surface area contributed by atoms with E-state index in [9.17, 15) is 9.90 Å². The van der Waals surface area contributed by atoms with Gasteiger partial charge in [-0.2, -0.15) is 0 Å². The smallest absolute Gasteiger partial charge is 0.173 e. The number of phenols is 1. The predicted molar refractivity (Wildman–Crippen MR) is 112 cm³/mol. The molecule has 142 valence electrons. The van der Waals surface area contributed by atoms with Gasteiger partial charge in [0.05, 0.1) is 4.88 Å². The van der Waals surface area contributed by atoms with Gasteiger partial charge in [-0.15, -0.1) is 11.3 Å². The van der Waals surface area contributed by atoms with Gasteiger partial charge in [0.1, 0.15) is 5.75 Å². The topological polar surface area (TPSA) is 37.3 Å². The molecule has 2 nitrogen and oxygen atoms in total. The van der Waals surface area contributed by atoms with Crippen LogP contribution in [0.2, 0.25) is 0 Å². The molecule has 0 radical (unpaired) electrons. The third-order valence-electron chi connectivity index (χ3n) is 4.67. The molecule has 0 bridgehead atoms. The molecule has 0 spiro atoms. The molecule has 1 heterocycles. The van der Waals surface area contributed by atoms with Crippen molar-refractivity contribution in [1.29, 1.82) is 0 Å².